The van der Waals surface area contributed by atoms with E-state index in [1.807, 2.05) is 0 Å². The molecule has 1 aromatic heterocycles. The number of nitrogens with zero attached hydrogens (tertiary/aromatic N) is 2. The Hall–Kier alpha value is -2.01. The van der Waals surface area contributed by atoms with Crippen molar-refractivity contribution in [3.8, 4) is 0 Å². The van der Waals surface area contributed by atoms with Gasteiger partial charge in [0.1, 0.15) is 0 Å². The molecular weight excluding hydrogens is 206 g/mol. The molecule has 82 valence electrons. The number of nitrogens with one attached hydrogen (secondary N) is 1. The number of amides is 1. The van der Waals surface area contributed by atoms with Crippen LogP contribution in [0.4, 0.5) is 0 Å². The van der Waals surface area contributed by atoms with Gasteiger partial charge in [-0.3, -0.25) is 19.6 Å². The van der Waals surface area contributed by atoms with E-state index in [0.29, 0.717) is 17.7 Å². The van der Waals surface area contributed by atoms with E-state index in [0.717, 1.165) is 5.52 Å². The summed E-state index contributed by atoms with van der Waals surface area (Å²) in [6, 6.07) is 5.12. The predicted octanol–water partition coefficient (Wildman–Crippen LogP) is 1.31. The van der Waals surface area contributed by atoms with Gasteiger partial charge < -0.3 is 0 Å². The molecule has 0 aliphatic heterocycles. The number of benzene rings is 1. The number of fused-ring (bicyclic) bond motifs is 1. The van der Waals surface area contributed by atoms with E-state index in [9.17, 15) is 4.79 Å². The van der Waals surface area contributed by atoms with Crippen LogP contribution in [-0.4, -0.2) is 22.5 Å². The number of carbonyl (C=O) groups is 1. The number of hydroxylamine groups is 1. The van der Waals surface area contributed by atoms with E-state index in [4.69, 9.17) is 4.84 Å². The third kappa shape index (κ3) is 2.14. The smallest absolute Gasteiger partial charge is 0.274 e. The largest absolute Gasteiger partial charge is 0.274 e. The Labute approximate surface area is 92.4 Å². The molecule has 0 bridgehead atoms. The molecule has 0 radical (unpaired) electrons. The van der Waals surface area contributed by atoms with Crippen LogP contribution in [0.5, 0.6) is 0 Å². The van der Waals surface area contributed by atoms with Crippen molar-refractivity contribution in [2.45, 2.75) is 6.92 Å². The van der Waals surface area contributed by atoms with Crippen molar-refractivity contribution in [2.24, 2.45) is 0 Å². The minimum Gasteiger partial charge on any atom is -0.274 e. The second-order valence-corrected chi connectivity index (χ2v) is 3.12. The molecule has 1 amide bonds. The summed E-state index contributed by atoms with van der Waals surface area (Å²) in [6.07, 6.45) is 3.20. The molecule has 5 nitrogen and oxygen atoms in total. The first-order valence-electron chi connectivity index (χ1n) is 4.94. The molecule has 2 aromatic rings. The van der Waals surface area contributed by atoms with Gasteiger partial charge >= 0.3 is 0 Å². The highest BCUT2D eigenvalue weighted by atomic mass is 16.6. The summed E-state index contributed by atoms with van der Waals surface area (Å²) < 4.78 is 0. The topological polar surface area (TPSA) is 64.1 Å². The van der Waals surface area contributed by atoms with Crippen LogP contribution >= 0.6 is 0 Å². The van der Waals surface area contributed by atoms with Crippen molar-refractivity contribution >= 4 is 16.9 Å². The number of aromatic nitrogens is 2. The Morgan fingerprint density at radius 1 is 1.31 bits per heavy atom. The molecule has 0 unspecified atom stereocenters. The summed E-state index contributed by atoms with van der Waals surface area (Å²) >= 11 is 0. The molecule has 0 fully saturated rings. The number of carbonyl (C=O) groups excluding carboxylic acids is 1. The van der Waals surface area contributed by atoms with Crippen molar-refractivity contribution in [1.82, 2.24) is 15.4 Å². The van der Waals surface area contributed by atoms with E-state index in [1.165, 1.54) is 0 Å². The molecule has 0 spiro atoms. The monoisotopic (exact) mass is 217 g/mol. The van der Waals surface area contributed by atoms with Gasteiger partial charge in [0.25, 0.3) is 5.91 Å². The Kier molecular flexibility index (Phi) is 3.07. The SMILES string of the molecule is CCONC(=O)c1ccc2nccnc2c1. The first-order valence-corrected chi connectivity index (χ1v) is 4.94. The molecule has 1 aromatic carbocycles. The highest BCUT2D eigenvalue weighted by molar-refractivity contribution is 5.96. The third-order valence-electron chi connectivity index (χ3n) is 2.04. The maximum absolute atomic E-state index is 11.6. The Morgan fingerprint density at radius 3 is 2.81 bits per heavy atom. The molecule has 5 heteroatoms. The molecule has 1 heterocycles. The van der Waals surface area contributed by atoms with Crippen molar-refractivity contribution in [3.63, 3.8) is 0 Å². The van der Waals surface area contributed by atoms with Crippen molar-refractivity contribution in [1.29, 1.82) is 0 Å². The van der Waals surface area contributed by atoms with Crippen LogP contribution < -0.4 is 5.48 Å². The molecular formula is C11H11N3O2. The van der Waals surface area contributed by atoms with E-state index >= 15 is 0 Å². The van der Waals surface area contributed by atoms with E-state index in [-0.39, 0.29) is 5.91 Å². The normalized spacial score (nSPS) is 10.3. The molecule has 0 saturated heterocycles. The average molecular weight is 217 g/mol. The summed E-state index contributed by atoms with van der Waals surface area (Å²) in [7, 11) is 0. The zero-order valence-electron chi connectivity index (χ0n) is 8.80. The maximum Gasteiger partial charge on any atom is 0.274 e. The van der Waals surface area contributed by atoms with Crippen LogP contribution in [0.1, 0.15) is 17.3 Å². The van der Waals surface area contributed by atoms with Gasteiger partial charge in [0.05, 0.1) is 17.6 Å². The molecule has 16 heavy (non-hydrogen) atoms. The molecule has 1 N–H and O–H groups in total. The van der Waals surface area contributed by atoms with Gasteiger partial charge in [0.15, 0.2) is 0 Å². The number of rotatable bonds is 3. The second-order valence-electron chi connectivity index (χ2n) is 3.12. The highest BCUT2D eigenvalue weighted by Gasteiger charge is 2.06. The quantitative estimate of drug-likeness (QED) is 0.787. The highest BCUT2D eigenvalue weighted by Crippen LogP contribution is 2.10. The van der Waals surface area contributed by atoms with E-state index in [2.05, 4.69) is 15.4 Å². The standard InChI is InChI=1S/C11H11N3O2/c1-2-16-14-11(15)8-3-4-9-10(7-8)13-6-5-12-9/h3-7H,2H2,1H3,(H,14,15). The lowest BCUT2D eigenvalue weighted by molar-refractivity contribution is 0.0364. The summed E-state index contributed by atoms with van der Waals surface area (Å²) in [6.45, 7) is 2.23. The Bertz CT molecular complexity index is 513. The average Bonchev–Trinajstić information content (AvgIpc) is 2.35. The summed E-state index contributed by atoms with van der Waals surface area (Å²) in [4.78, 5) is 24.6. The fraction of sp³-hybridized carbons (Fsp3) is 0.182. The summed E-state index contributed by atoms with van der Waals surface area (Å²) in [5, 5.41) is 0. The van der Waals surface area contributed by atoms with Gasteiger partial charge in [0.2, 0.25) is 0 Å². The first-order chi connectivity index (χ1) is 7.81. The fourth-order valence-electron chi connectivity index (χ4n) is 1.30. The minimum atomic E-state index is -0.283. The molecule has 0 aliphatic rings. The van der Waals surface area contributed by atoms with Gasteiger partial charge in [-0.2, -0.15) is 0 Å². The van der Waals surface area contributed by atoms with Crippen LogP contribution in [-0.2, 0) is 4.84 Å². The second kappa shape index (κ2) is 4.67. The lowest BCUT2D eigenvalue weighted by atomic mass is 10.2. The molecule has 2 rings (SSSR count). The zero-order valence-corrected chi connectivity index (χ0v) is 8.80. The summed E-state index contributed by atoms with van der Waals surface area (Å²) in [5.41, 5.74) is 4.27. The minimum absolute atomic E-state index is 0.283. The van der Waals surface area contributed by atoms with Crippen LogP contribution in [0.2, 0.25) is 0 Å². The lowest BCUT2D eigenvalue weighted by Crippen LogP contribution is -2.23. The van der Waals surface area contributed by atoms with Gasteiger partial charge in [-0.15, -0.1) is 0 Å². The summed E-state index contributed by atoms with van der Waals surface area (Å²) in [5.74, 6) is -0.283. The Morgan fingerprint density at radius 2 is 2.06 bits per heavy atom. The van der Waals surface area contributed by atoms with Crippen molar-refractivity contribution < 1.29 is 9.63 Å². The third-order valence-corrected chi connectivity index (χ3v) is 2.04. The van der Waals surface area contributed by atoms with Gasteiger partial charge in [0, 0.05) is 18.0 Å². The molecule has 0 saturated carbocycles. The van der Waals surface area contributed by atoms with Gasteiger partial charge in [-0.25, -0.2) is 5.48 Å². The predicted molar refractivity (Wildman–Crippen MR) is 58.6 cm³/mol. The molecule has 0 atom stereocenters. The van der Waals surface area contributed by atoms with Crippen LogP contribution in [0.25, 0.3) is 11.0 Å². The molecule has 0 aliphatic carbocycles. The van der Waals surface area contributed by atoms with Crippen LogP contribution in [0.3, 0.4) is 0 Å². The fourth-order valence-corrected chi connectivity index (χ4v) is 1.30. The van der Waals surface area contributed by atoms with Gasteiger partial charge in [-0.1, -0.05) is 0 Å². The van der Waals surface area contributed by atoms with Crippen molar-refractivity contribution in [3.05, 3.63) is 36.2 Å². The maximum atomic E-state index is 11.6. The number of hydrogen-bond donors (Lipinski definition) is 1. The Balaban J connectivity index is 2.28. The first kappa shape index (κ1) is 10.5. The van der Waals surface area contributed by atoms with Crippen molar-refractivity contribution in [2.75, 3.05) is 6.61 Å². The van der Waals surface area contributed by atoms with Gasteiger partial charge in [-0.05, 0) is 25.1 Å². The zero-order chi connectivity index (χ0) is 11.4. The van der Waals surface area contributed by atoms with Crippen LogP contribution in [0.15, 0.2) is 30.6 Å². The van der Waals surface area contributed by atoms with Crippen LogP contribution in [0, 0.1) is 0 Å². The van der Waals surface area contributed by atoms with E-state index in [1.54, 1.807) is 37.5 Å². The number of hydrogen-bond acceptors (Lipinski definition) is 4. The van der Waals surface area contributed by atoms with E-state index < -0.39 is 0 Å². The lowest BCUT2D eigenvalue weighted by Gasteiger charge is -2.04.